The van der Waals surface area contributed by atoms with Gasteiger partial charge in [0.15, 0.2) is 0 Å². The van der Waals surface area contributed by atoms with Gasteiger partial charge in [-0.3, -0.25) is 9.10 Å². The summed E-state index contributed by atoms with van der Waals surface area (Å²) >= 11 is 0. The van der Waals surface area contributed by atoms with Gasteiger partial charge >= 0.3 is 0 Å². The van der Waals surface area contributed by atoms with Gasteiger partial charge in [0.25, 0.3) is 10.0 Å². The quantitative estimate of drug-likeness (QED) is 0.309. The number of sulfonamides is 1. The second kappa shape index (κ2) is 11.6. The highest BCUT2D eigenvalue weighted by Crippen LogP contribution is 2.26. The summed E-state index contributed by atoms with van der Waals surface area (Å²) in [6, 6.07) is 27.2. The number of hydrogen-bond acceptors (Lipinski definition) is 5. The number of methoxy groups -OCH3 is 1. The van der Waals surface area contributed by atoms with Crippen LogP contribution in [0.5, 0.6) is 11.5 Å². The summed E-state index contributed by atoms with van der Waals surface area (Å²) in [7, 11) is -2.67. The van der Waals surface area contributed by atoms with Gasteiger partial charge in [0.2, 0.25) is 5.91 Å². The third-order valence-corrected chi connectivity index (χ3v) is 7.22. The predicted octanol–water partition coefficient (Wildman–Crippen LogP) is 5.25. The van der Waals surface area contributed by atoms with Crippen molar-refractivity contribution < 1.29 is 27.1 Å². The van der Waals surface area contributed by atoms with E-state index in [0.717, 1.165) is 22.0 Å². The minimum atomic E-state index is -4.15. The standard InChI is InChI=1S/C28H25FN2O5S/c1-35-25-15-17-27(18-16-25)37(33,34)31(24-11-7-22(29)8-12-24)19-28(32)30-23-9-13-26(14-10-23)36-20-21-5-3-2-4-6-21/h2-18H,19-20H2,1H3,(H,30,32). The van der Waals surface area contributed by atoms with Gasteiger partial charge in [-0.05, 0) is 78.4 Å². The van der Waals surface area contributed by atoms with Crippen LogP contribution >= 0.6 is 0 Å². The number of benzene rings is 4. The molecule has 0 radical (unpaired) electrons. The van der Waals surface area contributed by atoms with Crippen LogP contribution < -0.4 is 19.1 Å². The summed E-state index contributed by atoms with van der Waals surface area (Å²) in [6.07, 6.45) is 0. The Morgan fingerprint density at radius 3 is 2.08 bits per heavy atom. The third kappa shape index (κ3) is 6.65. The molecule has 0 atom stereocenters. The summed E-state index contributed by atoms with van der Waals surface area (Å²) in [6.45, 7) is -0.116. The molecule has 0 saturated heterocycles. The van der Waals surface area contributed by atoms with Gasteiger partial charge in [-0.25, -0.2) is 12.8 Å². The normalized spacial score (nSPS) is 11.0. The maximum Gasteiger partial charge on any atom is 0.264 e. The lowest BCUT2D eigenvalue weighted by atomic mass is 10.2. The van der Waals surface area contributed by atoms with E-state index in [9.17, 15) is 17.6 Å². The maximum atomic E-state index is 13.5. The molecule has 4 aromatic rings. The molecule has 0 aliphatic carbocycles. The van der Waals surface area contributed by atoms with Gasteiger partial charge in [-0.2, -0.15) is 0 Å². The summed E-state index contributed by atoms with van der Waals surface area (Å²) < 4.78 is 52.2. The minimum absolute atomic E-state index is 0.0367. The molecule has 0 heterocycles. The Kier molecular flexibility index (Phi) is 8.05. The van der Waals surface area contributed by atoms with E-state index < -0.39 is 28.3 Å². The van der Waals surface area contributed by atoms with Gasteiger partial charge in [-0.1, -0.05) is 30.3 Å². The molecule has 4 rings (SSSR count). The molecule has 9 heteroatoms. The van der Waals surface area contributed by atoms with Crippen LogP contribution in [0.3, 0.4) is 0 Å². The SMILES string of the molecule is COc1ccc(S(=O)(=O)N(CC(=O)Nc2ccc(OCc3ccccc3)cc2)c2ccc(F)cc2)cc1. The molecule has 190 valence electrons. The van der Waals surface area contributed by atoms with E-state index in [1.54, 1.807) is 24.3 Å². The van der Waals surface area contributed by atoms with Gasteiger partial charge in [-0.15, -0.1) is 0 Å². The molecular formula is C28H25FN2O5S. The molecule has 1 N–H and O–H groups in total. The zero-order chi connectivity index (χ0) is 26.3. The number of nitrogens with one attached hydrogen (secondary N) is 1. The molecule has 0 bridgehead atoms. The van der Waals surface area contributed by atoms with Crippen LogP contribution in [0.25, 0.3) is 0 Å². The van der Waals surface area contributed by atoms with Crippen LogP contribution in [-0.4, -0.2) is 28.0 Å². The average Bonchev–Trinajstić information content (AvgIpc) is 2.92. The van der Waals surface area contributed by atoms with E-state index >= 15 is 0 Å². The lowest BCUT2D eigenvalue weighted by Gasteiger charge is -2.24. The van der Waals surface area contributed by atoms with E-state index in [4.69, 9.17) is 9.47 Å². The summed E-state index contributed by atoms with van der Waals surface area (Å²) in [5.74, 6) is 0.0158. The van der Waals surface area contributed by atoms with Crippen LogP contribution in [0, 0.1) is 5.82 Å². The van der Waals surface area contributed by atoms with Gasteiger partial charge in [0.1, 0.15) is 30.5 Å². The van der Waals surface area contributed by atoms with Crippen molar-refractivity contribution in [2.75, 3.05) is 23.3 Å². The summed E-state index contributed by atoms with van der Waals surface area (Å²) in [5, 5.41) is 2.70. The van der Waals surface area contributed by atoms with E-state index in [2.05, 4.69) is 5.32 Å². The maximum absolute atomic E-state index is 13.5. The summed E-state index contributed by atoms with van der Waals surface area (Å²) in [4.78, 5) is 12.9. The predicted molar refractivity (Wildman–Crippen MR) is 140 cm³/mol. The molecule has 0 aliphatic heterocycles. The lowest BCUT2D eigenvalue weighted by molar-refractivity contribution is -0.114. The van der Waals surface area contributed by atoms with Crippen LogP contribution in [0.4, 0.5) is 15.8 Å². The first kappa shape index (κ1) is 25.7. The molecule has 1 amide bonds. The Balaban J connectivity index is 1.48. The fourth-order valence-electron chi connectivity index (χ4n) is 3.50. The highest BCUT2D eigenvalue weighted by Gasteiger charge is 2.27. The Morgan fingerprint density at radius 2 is 1.46 bits per heavy atom. The van der Waals surface area contributed by atoms with Crippen molar-refractivity contribution in [3.63, 3.8) is 0 Å². The van der Waals surface area contributed by atoms with E-state index in [1.807, 2.05) is 30.3 Å². The molecular weight excluding hydrogens is 495 g/mol. The first-order valence-corrected chi connectivity index (χ1v) is 12.8. The number of carbonyl (C=O) groups excluding carboxylic acids is 1. The first-order valence-electron chi connectivity index (χ1n) is 11.3. The van der Waals surface area contributed by atoms with Gasteiger partial charge < -0.3 is 14.8 Å². The largest absolute Gasteiger partial charge is 0.497 e. The molecule has 7 nitrogen and oxygen atoms in total. The number of rotatable bonds is 10. The van der Waals surface area contributed by atoms with Crippen LogP contribution in [0.15, 0.2) is 108 Å². The Labute approximate surface area is 215 Å². The number of nitrogens with zero attached hydrogens (tertiary/aromatic N) is 1. The number of ether oxygens (including phenoxy) is 2. The smallest absolute Gasteiger partial charge is 0.264 e. The van der Waals surface area contributed by atoms with E-state index in [-0.39, 0.29) is 10.6 Å². The zero-order valence-electron chi connectivity index (χ0n) is 20.0. The molecule has 4 aromatic carbocycles. The average molecular weight is 521 g/mol. The number of amides is 1. The summed E-state index contributed by atoms with van der Waals surface area (Å²) in [5.41, 5.74) is 1.65. The Morgan fingerprint density at radius 1 is 0.838 bits per heavy atom. The topological polar surface area (TPSA) is 84.9 Å². The van der Waals surface area contributed by atoms with Crippen molar-refractivity contribution in [3.05, 3.63) is 115 Å². The first-order chi connectivity index (χ1) is 17.8. The fourth-order valence-corrected chi connectivity index (χ4v) is 4.92. The van der Waals surface area contributed by atoms with Gasteiger partial charge in [0, 0.05) is 5.69 Å². The third-order valence-electron chi connectivity index (χ3n) is 5.44. The number of anilines is 2. The molecule has 0 aliphatic rings. The van der Waals surface area contributed by atoms with Crippen molar-refractivity contribution in [3.8, 4) is 11.5 Å². The zero-order valence-corrected chi connectivity index (χ0v) is 20.8. The number of halogens is 1. The van der Waals surface area contributed by atoms with Crippen molar-refractivity contribution >= 4 is 27.3 Å². The molecule has 0 fully saturated rings. The van der Waals surface area contributed by atoms with Crippen LogP contribution in [-0.2, 0) is 21.4 Å². The molecule has 0 saturated carbocycles. The van der Waals surface area contributed by atoms with Crippen molar-refractivity contribution in [1.82, 2.24) is 0 Å². The van der Waals surface area contributed by atoms with Crippen LogP contribution in [0.2, 0.25) is 0 Å². The van der Waals surface area contributed by atoms with Crippen LogP contribution in [0.1, 0.15) is 5.56 Å². The monoisotopic (exact) mass is 520 g/mol. The Bertz CT molecular complexity index is 1430. The molecule has 0 spiro atoms. The highest BCUT2D eigenvalue weighted by molar-refractivity contribution is 7.92. The lowest BCUT2D eigenvalue weighted by Crippen LogP contribution is -2.38. The molecule has 0 aromatic heterocycles. The van der Waals surface area contributed by atoms with E-state index in [1.165, 1.54) is 43.5 Å². The van der Waals surface area contributed by atoms with Crippen molar-refractivity contribution in [2.45, 2.75) is 11.5 Å². The van der Waals surface area contributed by atoms with Crippen molar-refractivity contribution in [2.24, 2.45) is 0 Å². The van der Waals surface area contributed by atoms with Crippen molar-refractivity contribution in [1.29, 1.82) is 0 Å². The van der Waals surface area contributed by atoms with Gasteiger partial charge in [0.05, 0.1) is 17.7 Å². The molecule has 37 heavy (non-hydrogen) atoms. The minimum Gasteiger partial charge on any atom is -0.497 e. The fraction of sp³-hybridized carbons (Fsp3) is 0.107. The number of carbonyl (C=O) groups is 1. The highest BCUT2D eigenvalue weighted by atomic mass is 32.2. The second-order valence-electron chi connectivity index (χ2n) is 8.01. The van der Waals surface area contributed by atoms with E-state index in [0.29, 0.717) is 23.8 Å². The number of hydrogen-bond donors (Lipinski definition) is 1. The Hall–Kier alpha value is -4.37. The second-order valence-corrected chi connectivity index (χ2v) is 9.87. The molecule has 0 unspecified atom stereocenters.